The second-order valence-electron chi connectivity index (χ2n) is 5.81. The fourth-order valence-electron chi connectivity index (χ4n) is 2.58. The van der Waals surface area contributed by atoms with E-state index in [1.165, 1.54) is 30.0 Å². The van der Waals surface area contributed by atoms with Gasteiger partial charge in [-0.15, -0.1) is 0 Å². The Kier molecular flexibility index (Phi) is 6.15. The van der Waals surface area contributed by atoms with E-state index in [4.69, 9.17) is 0 Å². The molecule has 0 bridgehead atoms. The Morgan fingerprint density at radius 3 is 2.38 bits per heavy atom. The summed E-state index contributed by atoms with van der Waals surface area (Å²) in [4.78, 5) is 19.5. The van der Waals surface area contributed by atoms with Crippen molar-refractivity contribution in [3.05, 3.63) is 57.0 Å². The molecule has 2 unspecified atom stereocenters. The molecule has 0 spiro atoms. The number of rotatable bonds is 6. The molecule has 0 aliphatic heterocycles. The van der Waals surface area contributed by atoms with Gasteiger partial charge in [-0.3, -0.25) is 4.79 Å². The highest BCUT2D eigenvalue weighted by Crippen LogP contribution is 2.32. The van der Waals surface area contributed by atoms with Crippen molar-refractivity contribution in [1.82, 2.24) is 9.97 Å². The van der Waals surface area contributed by atoms with E-state index in [2.05, 4.69) is 16.9 Å². The van der Waals surface area contributed by atoms with Gasteiger partial charge in [-0.05, 0) is 31.9 Å². The molecule has 0 saturated carbocycles. The quantitative estimate of drug-likeness (QED) is 0.601. The van der Waals surface area contributed by atoms with Crippen LogP contribution in [0, 0.1) is 18.6 Å². The van der Waals surface area contributed by atoms with Gasteiger partial charge < -0.3 is 4.98 Å². The molecule has 0 fully saturated rings. The molecule has 3 nitrogen and oxygen atoms in total. The van der Waals surface area contributed by atoms with E-state index < -0.39 is 17.6 Å². The first kappa shape index (κ1) is 18.6. The molecule has 0 aliphatic carbocycles. The second kappa shape index (κ2) is 7.92. The number of hydrogen-bond donors (Lipinski definition) is 1. The van der Waals surface area contributed by atoms with Crippen molar-refractivity contribution in [2.24, 2.45) is 0 Å². The number of hydrogen-bond acceptors (Lipinski definition) is 3. The summed E-state index contributed by atoms with van der Waals surface area (Å²) in [5.41, 5.74) is 0.552. The minimum Gasteiger partial charge on any atom is -0.301 e. The summed E-state index contributed by atoms with van der Waals surface area (Å²) in [7, 11) is 0. The summed E-state index contributed by atoms with van der Waals surface area (Å²) >= 11 is 1.46. The summed E-state index contributed by atoms with van der Waals surface area (Å²) in [6, 6.07) is 3.81. The maximum absolute atomic E-state index is 14.2. The van der Waals surface area contributed by atoms with Gasteiger partial charge in [0.15, 0.2) is 5.16 Å². The third-order valence-electron chi connectivity index (χ3n) is 4.14. The first-order valence-electron chi connectivity index (χ1n) is 8.10. The van der Waals surface area contributed by atoms with Crippen LogP contribution >= 0.6 is 11.8 Å². The van der Waals surface area contributed by atoms with Gasteiger partial charge in [0.2, 0.25) is 0 Å². The van der Waals surface area contributed by atoms with Crippen LogP contribution < -0.4 is 5.56 Å². The number of benzene rings is 1. The number of thioether (sulfide) groups is 1. The molecular weight excluding hydrogens is 330 g/mol. The third kappa shape index (κ3) is 3.86. The Bertz CT molecular complexity index is 756. The normalized spacial score (nSPS) is 13.8. The van der Waals surface area contributed by atoms with Gasteiger partial charge in [0.1, 0.15) is 11.6 Å². The first-order chi connectivity index (χ1) is 11.4. The zero-order valence-corrected chi connectivity index (χ0v) is 15.1. The van der Waals surface area contributed by atoms with Crippen molar-refractivity contribution in [2.75, 3.05) is 0 Å². The fourth-order valence-corrected chi connectivity index (χ4v) is 3.43. The predicted molar refractivity (Wildman–Crippen MR) is 93.7 cm³/mol. The van der Waals surface area contributed by atoms with Gasteiger partial charge in [0.05, 0.1) is 5.69 Å². The van der Waals surface area contributed by atoms with E-state index in [-0.39, 0.29) is 16.4 Å². The lowest BCUT2D eigenvalue weighted by Crippen LogP contribution is -2.20. The standard InChI is InChI=1S/C18H22F2N2OS/c1-5-10(3)24-18-21-16(11(4)17(23)22-18)12(6-2)15-13(19)8-7-9-14(15)20/h7-10,12H,5-6H2,1-4H3,(H,21,22,23). The maximum atomic E-state index is 14.2. The molecule has 2 atom stereocenters. The van der Waals surface area contributed by atoms with E-state index >= 15 is 0 Å². The van der Waals surface area contributed by atoms with Gasteiger partial charge in [0.25, 0.3) is 5.56 Å². The second-order valence-corrected chi connectivity index (χ2v) is 7.24. The smallest absolute Gasteiger partial charge is 0.254 e. The van der Waals surface area contributed by atoms with E-state index in [9.17, 15) is 13.6 Å². The topological polar surface area (TPSA) is 45.8 Å². The number of H-pyrrole nitrogens is 1. The highest BCUT2D eigenvalue weighted by Gasteiger charge is 2.25. The molecule has 1 aromatic carbocycles. The lowest BCUT2D eigenvalue weighted by molar-refractivity contribution is 0.530. The van der Waals surface area contributed by atoms with Crippen LogP contribution in [0.2, 0.25) is 0 Å². The van der Waals surface area contributed by atoms with Crippen LogP contribution in [0.25, 0.3) is 0 Å². The van der Waals surface area contributed by atoms with Gasteiger partial charge >= 0.3 is 0 Å². The van der Waals surface area contributed by atoms with Crippen LogP contribution in [0.5, 0.6) is 0 Å². The van der Waals surface area contributed by atoms with E-state index in [0.717, 1.165) is 6.42 Å². The van der Waals surface area contributed by atoms with Crippen LogP contribution in [0.3, 0.4) is 0 Å². The largest absolute Gasteiger partial charge is 0.301 e. The molecule has 2 rings (SSSR count). The molecule has 130 valence electrons. The number of aromatic amines is 1. The van der Waals surface area contributed by atoms with E-state index in [0.29, 0.717) is 22.8 Å². The Labute approximate surface area is 144 Å². The van der Waals surface area contributed by atoms with Crippen LogP contribution in [0.15, 0.2) is 28.2 Å². The van der Waals surface area contributed by atoms with Crippen molar-refractivity contribution >= 4 is 11.8 Å². The van der Waals surface area contributed by atoms with Crippen LogP contribution in [0.1, 0.15) is 56.4 Å². The van der Waals surface area contributed by atoms with Gasteiger partial charge in [-0.25, -0.2) is 13.8 Å². The SMILES string of the molecule is CCC(C)Sc1nc(C(CC)c2c(F)cccc2F)c(C)c(=O)[nH]1. The Balaban J connectivity index is 2.58. The summed E-state index contributed by atoms with van der Waals surface area (Å²) in [5, 5.41) is 0.777. The van der Waals surface area contributed by atoms with Crippen molar-refractivity contribution in [1.29, 1.82) is 0 Å². The average Bonchev–Trinajstić information content (AvgIpc) is 2.54. The molecule has 1 N–H and O–H groups in total. The van der Waals surface area contributed by atoms with Crippen LogP contribution in [0.4, 0.5) is 8.78 Å². The predicted octanol–water partition coefficient (Wildman–Crippen LogP) is 4.79. The fraction of sp³-hybridized carbons (Fsp3) is 0.444. The Hall–Kier alpha value is -1.69. The lowest BCUT2D eigenvalue weighted by atomic mass is 9.90. The molecular formula is C18H22F2N2OS. The summed E-state index contributed by atoms with van der Waals surface area (Å²) in [6.07, 6.45) is 1.37. The van der Waals surface area contributed by atoms with Crippen molar-refractivity contribution in [3.63, 3.8) is 0 Å². The molecule has 0 amide bonds. The number of nitrogens with one attached hydrogen (secondary N) is 1. The van der Waals surface area contributed by atoms with Crippen molar-refractivity contribution in [3.8, 4) is 0 Å². The minimum atomic E-state index is -0.612. The number of aromatic nitrogens is 2. The van der Waals surface area contributed by atoms with Gasteiger partial charge in [-0.1, -0.05) is 38.6 Å². The Morgan fingerprint density at radius 1 is 1.21 bits per heavy atom. The third-order valence-corrected chi connectivity index (χ3v) is 5.29. The summed E-state index contributed by atoms with van der Waals surface area (Å²) in [5.74, 6) is -1.82. The lowest BCUT2D eigenvalue weighted by Gasteiger charge is -2.19. The van der Waals surface area contributed by atoms with Gasteiger partial charge in [-0.2, -0.15) is 0 Å². The molecule has 2 aromatic rings. The molecule has 0 aliphatic rings. The van der Waals surface area contributed by atoms with Gasteiger partial charge in [0, 0.05) is 22.3 Å². The highest BCUT2D eigenvalue weighted by atomic mass is 32.2. The average molecular weight is 352 g/mol. The van der Waals surface area contributed by atoms with Crippen LogP contribution in [-0.2, 0) is 0 Å². The zero-order valence-electron chi connectivity index (χ0n) is 14.3. The molecule has 0 saturated heterocycles. The summed E-state index contributed by atoms with van der Waals surface area (Å²) < 4.78 is 28.4. The summed E-state index contributed by atoms with van der Waals surface area (Å²) in [6.45, 7) is 7.56. The first-order valence-corrected chi connectivity index (χ1v) is 8.98. The minimum absolute atomic E-state index is 0.0271. The zero-order chi connectivity index (χ0) is 17.9. The van der Waals surface area contributed by atoms with Crippen LogP contribution in [-0.4, -0.2) is 15.2 Å². The maximum Gasteiger partial charge on any atom is 0.254 e. The van der Waals surface area contributed by atoms with Crippen molar-refractivity contribution in [2.45, 2.75) is 56.9 Å². The molecule has 24 heavy (non-hydrogen) atoms. The highest BCUT2D eigenvalue weighted by molar-refractivity contribution is 7.99. The van der Waals surface area contributed by atoms with E-state index in [1.54, 1.807) is 6.92 Å². The van der Waals surface area contributed by atoms with Crippen molar-refractivity contribution < 1.29 is 8.78 Å². The number of halogens is 2. The molecule has 1 aromatic heterocycles. The Morgan fingerprint density at radius 2 is 1.83 bits per heavy atom. The molecule has 6 heteroatoms. The molecule has 0 radical (unpaired) electrons. The monoisotopic (exact) mass is 352 g/mol. The molecule has 1 heterocycles. The number of nitrogens with zero attached hydrogens (tertiary/aromatic N) is 1. The van der Waals surface area contributed by atoms with E-state index in [1.807, 2.05) is 13.8 Å².